The fraction of sp³-hybridized carbons (Fsp3) is 0.909. The van der Waals surface area contributed by atoms with Crippen molar-refractivity contribution in [3.8, 4) is 0 Å². The summed E-state index contributed by atoms with van der Waals surface area (Å²) in [4.78, 5) is 36.8. The lowest BCUT2D eigenvalue weighted by molar-refractivity contribution is -0.167. The molecule has 39 heavy (non-hydrogen) atoms. The molecule has 0 N–H and O–H groups in total. The molecule has 0 aliphatic heterocycles. The minimum absolute atomic E-state index is 0.0667. The molecule has 1 atom stereocenters. The first kappa shape index (κ1) is 37.4. The van der Waals surface area contributed by atoms with Gasteiger partial charge in [0.25, 0.3) is 0 Å². The van der Waals surface area contributed by atoms with Crippen LogP contribution in [-0.4, -0.2) is 37.2 Å². The van der Waals surface area contributed by atoms with Gasteiger partial charge in [0, 0.05) is 19.3 Å². The zero-order valence-corrected chi connectivity index (χ0v) is 25.9. The minimum atomic E-state index is -0.752. The first-order valence-corrected chi connectivity index (χ1v) is 16.5. The molecule has 0 heterocycles. The fourth-order valence-electron chi connectivity index (χ4n) is 4.56. The summed E-state index contributed by atoms with van der Waals surface area (Å²) in [5.74, 6) is -0.894. The van der Waals surface area contributed by atoms with E-state index in [2.05, 4.69) is 20.8 Å². The highest BCUT2D eigenvalue weighted by Crippen LogP contribution is 2.12. The van der Waals surface area contributed by atoms with Crippen LogP contribution in [0.15, 0.2) is 0 Å². The van der Waals surface area contributed by atoms with Gasteiger partial charge in [-0.25, -0.2) is 0 Å². The van der Waals surface area contributed by atoms with Crippen molar-refractivity contribution < 1.29 is 28.6 Å². The molecular weight excluding hydrogens is 492 g/mol. The monoisotopic (exact) mass is 554 g/mol. The van der Waals surface area contributed by atoms with Crippen molar-refractivity contribution in [3.63, 3.8) is 0 Å². The summed E-state index contributed by atoms with van der Waals surface area (Å²) in [6.07, 6.45) is 24.1. The van der Waals surface area contributed by atoms with Crippen molar-refractivity contribution in [2.75, 3.05) is 13.2 Å². The number of unbranched alkanes of at least 4 members (excludes halogenated alkanes) is 18. The minimum Gasteiger partial charge on any atom is -0.462 e. The Kier molecular flexibility index (Phi) is 28.2. The molecule has 0 aromatic rings. The van der Waals surface area contributed by atoms with Gasteiger partial charge in [0.15, 0.2) is 6.10 Å². The lowest BCUT2D eigenvalue weighted by Crippen LogP contribution is -2.30. The summed E-state index contributed by atoms with van der Waals surface area (Å²) in [5.41, 5.74) is 0. The van der Waals surface area contributed by atoms with Crippen LogP contribution >= 0.6 is 0 Å². The van der Waals surface area contributed by atoms with Crippen LogP contribution in [0.25, 0.3) is 0 Å². The summed E-state index contributed by atoms with van der Waals surface area (Å²) in [7, 11) is 0. The summed E-state index contributed by atoms with van der Waals surface area (Å²) in [5, 5.41) is 0. The molecule has 0 radical (unpaired) electrons. The third-order valence-electron chi connectivity index (χ3n) is 7.11. The first-order chi connectivity index (χ1) is 19.0. The molecule has 0 aliphatic carbocycles. The lowest BCUT2D eigenvalue weighted by atomic mass is 10.1. The molecule has 0 aliphatic rings. The van der Waals surface area contributed by atoms with E-state index < -0.39 is 6.10 Å². The second kappa shape index (κ2) is 29.4. The number of esters is 3. The molecule has 230 valence electrons. The average molecular weight is 555 g/mol. The summed E-state index contributed by atoms with van der Waals surface area (Å²) >= 11 is 0. The lowest BCUT2D eigenvalue weighted by Gasteiger charge is -2.18. The van der Waals surface area contributed by atoms with Crippen molar-refractivity contribution in [2.24, 2.45) is 0 Å². The highest BCUT2D eigenvalue weighted by Gasteiger charge is 2.19. The van der Waals surface area contributed by atoms with Crippen molar-refractivity contribution in [1.82, 2.24) is 0 Å². The van der Waals surface area contributed by atoms with Gasteiger partial charge in [-0.15, -0.1) is 0 Å². The third kappa shape index (κ3) is 27.8. The molecule has 6 nitrogen and oxygen atoms in total. The highest BCUT2D eigenvalue weighted by molar-refractivity contribution is 5.71. The van der Waals surface area contributed by atoms with Gasteiger partial charge in [0.2, 0.25) is 0 Å². The first-order valence-electron chi connectivity index (χ1n) is 16.5. The Morgan fingerprint density at radius 1 is 0.410 bits per heavy atom. The van der Waals surface area contributed by atoms with Gasteiger partial charge in [-0.1, -0.05) is 136 Å². The Morgan fingerprint density at radius 2 is 0.692 bits per heavy atom. The fourth-order valence-corrected chi connectivity index (χ4v) is 4.56. The largest absolute Gasteiger partial charge is 0.462 e. The summed E-state index contributed by atoms with van der Waals surface area (Å²) in [6.45, 7) is 6.46. The second-order valence-electron chi connectivity index (χ2n) is 11.1. The van der Waals surface area contributed by atoms with Crippen LogP contribution in [0.5, 0.6) is 0 Å². The maximum atomic E-state index is 12.4. The standard InChI is InChI=1S/C33H62O6/c1-4-7-10-13-16-17-18-21-23-26-32(35)38-29-30(39-33(36)27-24-20-15-12-9-6-3)28-37-31(34)25-22-19-14-11-8-5-2/h30H,4-29H2,1-3H3. The molecule has 0 saturated carbocycles. The van der Waals surface area contributed by atoms with E-state index >= 15 is 0 Å². The van der Waals surface area contributed by atoms with Crippen LogP contribution in [0.2, 0.25) is 0 Å². The average Bonchev–Trinajstić information content (AvgIpc) is 2.93. The molecule has 0 rings (SSSR count). The number of hydrogen-bond donors (Lipinski definition) is 0. The smallest absolute Gasteiger partial charge is 0.306 e. The quantitative estimate of drug-likeness (QED) is 0.0520. The topological polar surface area (TPSA) is 78.9 Å². The third-order valence-corrected chi connectivity index (χ3v) is 7.11. The Morgan fingerprint density at radius 3 is 1.03 bits per heavy atom. The summed E-state index contributed by atoms with van der Waals surface area (Å²) in [6, 6.07) is 0. The Labute approximate surface area is 240 Å². The van der Waals surface area contributed by atoms with Gasteiger partial charge in [0.1, 0.15) is 13.2 Å². The zero-order chi connectivity index (χ0) is 28.8. The van der Waals surface area contributed by atoms with E-state index in [0.29, 0.717) is 19.3 Å². The van der Waals surface area contributed by atoms with Crippen molar-refractivity contribution in [3.05, 3.63) is 0 Å². The van der Waals surface area contributed by atoms with Gasteiger partial charge in [-0.3, -0.25) is 14.4 Å². The van der Waals surface area contributed by atoms with Crippen molar-refractivity contribution >= 4 is 17.9 Å². The van der Waals surface area contributed by atoms with Gasteiger partial charge in [-0.05, 0) is 19.3 Å². The molecule has 0 amide bonds. The second-order valence-corrected chi connectivity index (χ2v) is 11.1. The van der Waals surface area contributed by atoms with Crippen LogP contribution in [0, 0.1) is 0 Å². The van der Waals surface area contributed by atoms with E-state index in [4.69, 9.17) is 14.2 Å². The molecule has 0 aromatic carbocycles. The molecule has 0 aromatic heterocycles. The van der Waals surface area contributed by atoms with Crippen molar-refractivity contribution in [2.45, 2.75) is 181 Å². The molecule has 0 fully saturated rings. The molecule has 0 spiro atoms. The Bertz CT molecular complexity index is 577. The number of rotatable bonds is 29. The van der Waals surface area contributed by atoms with E-state index in [9.17, 15) is 14.4 Å². The maximum Gasteiger partial charge on any atom is 0.306 e. The SMILES string of the molecule is CCCCCCCCCCCC(=O)OCC(COC(=O)CCCCCCCC)OC(=O)CCCCCCCC. The Hall–Kier alpha value is -1.59. The van der Waals surface area contributed by atoms with Crippen LogP contribution in [-0.2, 0) is 28.6 Å². The van der Waals surface area contributed by atoms with E-state index in [1.807, 2.05) is 0 Å². The van der Waals surface area contributed by atoms with Crippen molar-refractivity contribution in [1.29, 1.82) is 0 Å². The van der Waals surface area contributed by atoms with Crippen LogP contribution in [0.3, 0.4) is 0 Å². The van der Waals surface area contributed by atoms with Gasteiger partial charge < -0.3 is 14.2 Å². The van der Waals surface area contributed by atoms with Gasteiger partial charge >= 0.3 is 17.9 Å². The predicted octanol–water partition coefficient (Wildman–Crippen LogP) is 9.41. The van der Waals surface area contributed by atoms with Gasteiger partial charge in [0.05, 0.1) is 0 Å². The molecular formula is C33H62O6. The van der Waals surface area contributed by atoms with E-state index in [-0.39, 0.29) is 31.1 Å². The molecule has 1 unspecified atom stereocenters. The maximum absolute atomic E-state index is 12.4. The predicted molar refractivity (Wildman–Crippen MR) is 160 cm³/mol. The van der Waals surface area contributed by atoms with E-state index in [0.717, 1.165) is 57.8 Å². The number of ether oxygens (including phenoxy) is 3. The van der Waals surface area contributed by atoms with Crippen LogP contribution in [0.4, 0.5) is 0 Å². The van der Waals surface area contributed by atoms with Crippen LogP contribution < -0.4 is 0 Å². The zero-order valence-electron chi connectivity index (χ0n) is 25.9. The van der Waals surface area contributed by atoms with Crippen LogP contribution in [0.1, 0.15) is 175 Å². The molecule has 0 saturated heterocycles. The highest BCUT2D eigenvalue weighted by atomic mass is 16.6. The normalized spacial score (nSPS) is 11.8. The number of hydrogen-bond acceptors (Lipinski definition) is 6. The van der Waals surface area contributed by atoms with Gasteiger partial charge in [-0.2, -0.15) is 0 Å². The molecule has 0 bridgehead atoms. The van der Waals surface area contributed by atoms with E-state index in [1.165, 1.54) is 77.0 Å². The number of carbonyl (C=O) groups is 3. The van der Waals surface area contributed by atoms with E-state index in [1.54, 1.807) is 0 Å². The molecule has 6 heteroatoms. The number of carbonyl (C=O) groups excluding carboxylic acids is 3. The summed E-state index contributed by atoms with van der Waals surface area (Å²) < 4.78 is 16.3. The Balaban J connectivity index is 4.32.